The average molecular weight is 395 g/mol. The molecule has 0 aliphatic rings. The zero-order valence-electron chi connectivity index (χ0n) is 17.0. The van der Waals surface area contributed by atoms with Gasteiger partial charge >= 0.3 is 6.03 Å². The third-order valence-electron chi connectivity index (χ3n) is 4.28. The second-order valence-corrected chi connectivity index (χ2v) is 6.59. The maximum absolute atomic E-state index is 12.1. The first-order valence-corrected chi connectivity index (χ1v) is 9.25. The van der Waals surface area contributed by atoms with Gasteiger partial charge in [0, 0.05) is 30.5 Å². The molecule has 3 N–H and O–H groups in total. The van der Waals surface area contributed by atoms with Gasteiger partial charge in [-0.25, -0.2) is 19.4 Å². The lowest BCUT2D eigenvalue weighted by Gasteiger charge is -2.12. The minimum Gasteiger partial charge on any atom is -0.497 e. The van der Waals surface area contributed by atoms with Crippen LogP contribution in [0.4, 0.5) is 16.3 Å². The summed E-state index contributed by atoms with van der Waals surface area (Å²) in [6, 6.07) is 9.02. The lowest BCUT2D eigenvalue weighted by molar-refractivity contribution is 0.252. The number of benzene rings is 1. The van der Waals surface area contributed by atoms with Crippen LogP contribution in [0.3, 0.4) is 0 Å². The largest absolute Gasteiger partial charge is 0.497 e. The summed E-state index contributed by atoms with van der Waals surface area (Å²) in [7, 11) is 1.61. The fraction of sp³-hybridized carbons (Fsp3) is 0.300. The molecule has 0 radical (unpaired) electrons. The summed E-state index contributed by atoms with van der Waals surface area (Å²) in [4.78, 5) is 20.6. The lowest BCUT2D eigenvalue weighted by atomic mass is 10.2. The van der Waals surface area contributed by atoms with Gasteiger partial charge in [-0.05, 0) is 50.6 Å². The number of amides is 2. The Morgan fingerprint density at radius 2 is 1.93 bits per heavy atom. The fourth-order valence-corrected chi connectivity index (χ4v) is 2.86. The predicted octanol–water partition coefficient (Wildman–Crippen LogP) is 2.83. The van der Waals surface area contributed by atoms with Crippen LogP contribution in [-0.2, 0) is 0 Å². The number of hydrogen-bond acceptors (Lipinski definition) is 6. The van der Waals surface area contributed by atoms with Gasteiger partial charge < -0.3 is 20.7 Å². The smallest absolute Gasteiger partial charge is 0.319 e. The SMILES string of the molecule is COc1ccc(NC(=O)NCCNc2cc(-n3nc(C)cc3C)ncn2)c(C)c1. The molecule has 0 fully saturated rings. The molecule has 152 valence electrons. The molecule has 3 aromatic rings. The van der Waals surface area contributed by atoms with Gasteiger partial charge in [-0.3, -0.25) is 0 Å². The Labute approximate surface area is 169 Å². The second kappa shape index (κ2) is 9.05. The van der Waals surface area contributed by atoms with Crippen molar-refractivity contribution in [3.8, 4) is 11.6 Å². The molecule has 9 heteroatoms. The van der Waals surface area contributed by atoms with E-state index in [0.29, 0.717) is 24.7 Å². The number of ether oxygens (including phenoxy) is 1. The van der Waals surface area contributed by atoms with Crippen molar-refractivity contribution in [1.29, 1.82) is 0 Å². The van der Waals surface area contributed by atoms with Crippen molar-refractivity contribution in [1.82, 2.24) is 25.1 Å². The molecule has 0 aliphatic carbocycles. The summed E-state index contributed by atoms with van der Waals surface area (Å²) in [6.45, 7) is 6.77. The van der Waals surface area contributed by atoms with Crippen LogP contribution in [0.2, 0.25) is 0 Å². The first-order chi connectivity index (χ1) is 14.0. The van der Waals surface area contributed by atoms with E-state index in [2.05, 4.69) is 31.0 Å². The number of nitrogens with zero attached hydrogens (tertiary/aromatic N) is 4. The van der Waals surface area contributed by atoms with Crippen LogP contribution in [0.5, 0.6) is 5.75 Å². The third-order valence-corrected chi connectivity index (χ3v) is 4.28. The van der Waals surface area contributed by atoms with E-state index in [9.17, 15) is 4.79 Å². The van der Waals surface area contributed by atoms with Gasteiger partial charge in [0.2, 0.25) is 0 Å². The first kappa shape index (κ1) is 20.1. The molecule has 0 bridgehead atoms. The standard InChI is InChI=1S/C20H25N7O2/c1-13-9-16(29-4)5-6-17(13)25-20(28)22-8-7-21-18-11-19(24-12-23-18)27-15(3)10-14(2)26-27/h5-6,9-12H,7-8H2,1-4H3,(H,21,23,24)(H2,22,25,28). The van der Waals surface area contributed by atoms with Crippen molar-refractivity contribution >= 4 is 17.5 Å². The monoisotopic (exact) mass is 395 g/mol. The summed E-state index contributed by atoms with van der Waals surface area (Å²) in [5.41, 5.74) is 3.59. The highest BCUT2D eigenvalue weighted by Gasteiger charge is 2.07. The van der Waals surface area contributed by atoms with Crippen molar-refractivity contribution in [3.05, 3.63) is 53.6 Å². The van der Waals surface area contributed by atoms with Crippen LogP contribution >= 0.6 is 0 Å². The average Bonchev–Trinajstić information content (AvgIpc) is 3.05. The number of aromatic nitrogens is 4. The molecule has 0 unspecified atom stereocenters. The van der Waals surface area contributed by atoms with E-state index in [-0.39, 0.29) is 6.03 Å². The number of hydrogen-bond donors (Lipinski definition) is 3. The van der Waals surface area contributed by atoms with E-state index in [1.54, 1.807) is 17.9 Å². The van der Waals surface area contributed by atoms with Crippen molar-refractivity contribution in [2.45, 2.75) is 20.8 Å². The minimum absolute atomic E-state index is 0.272. The quantitative estimate of drug-likeness (QED) is 0.531. The van der Waals surface area contributed by atoms with Crippen molar-refractivity contribution in [3.63, 3.8) is 0 Å². The van der Waals surface area contributed by atoms with E-state index >= 15 is 0 Å². The number of aryl methyl sites for hydroxylation is 3. The highest BCUT2D eigenvalue weighted by Crippen LogP contribution is 2.20. The lowest BCUT2D eigenvalue weighted by Crippen LogP contribution is -2.33. The van der Waals surface area contributed by atoms with E-state index < -0.39 is 0 Å². The van der Waals surface area contributed by atoms with Crippen LogP contribution in [0.1, 0.15) is 17.0 Å². The molecule has 0 saturated carbocycles. The molecule has 2 heterocycles. The van der Waals surface area contributed by atoms with Crippen LogP contribution < -0.4 is 20.7 Å². The van der Waals surface area contributed by atoms with Crippen LogP contribution in [-0.4, -0.2) is 46.0 Å². The Balaban J connectivity index is 1.49. The molecule has 0 spiro atoms. The highest BCUT2D eigenvalue weighted by molar-refractivity contribution is 5.90. The zero-order chi connectivity index (χ0) is 20.8. The summed E-state index contributed by atoms with van der Waals surface area (Å²) in [5.74, 6) is 2.10. The number of rotatable bonds is 7. The molecular weight excluding hydrogens is 370 g/mol. The van der Waals surface area contributed by atoms with Gasteiger partial charge in [0.25, 0.3) is 0 Å². The highest BCUT2D eigenvalue weighted by atomic mass is 16.5. The van der Waals surface area contributed by atoms with E-state index in [4.69, 9.17) is 4.74 Å². The summed E-state index contributed by atoms with van der Waals surface area (Å²) in [5, 5.41) is 13.2. The molecule has 2 aromatic heterocycles. The number of methoxy groups -OCH3 is 1. The second-order valence-electron chi connectivity index (χ2n) is 6.59. The predicted molar refractivity (Wildman–Crippen MR) is 112 cm³/mol. The molecule has 2 amide bonds. The van der Waals surface area contributed by atoms with E-state index in [0.717, 1.165) is 28.4 Å². The summed E-state index contributed by atoms with van der Waals surface area (Å²) >= 11 is 0. The Hall–Kier alpha value is -3.62. The number of anilines is 2. The molecule has 1 aromatic carbocycles. The van der Waals surface area contributed by atoms with Crippen LogP contribution in [0, 0.1) is 20.8 Å². The summed E-state index contributed by atoms with van der Waals surface area (Å²) in [6.07, 6.45) is 1.49. The Morgan fingerprint density at radius 3 is 2.62 bits per heavy atom. The molecule has 9 nitrogen and oxygen atoms in total. The van der Waals surface area contributed by atoms with Gasteiger partial charge in [0.05, 0.1) is 12.8 Å². The van der Waals surface area contributed by atoms with Crippen LogP contribution in [0.15, 0.2) is 36.7 Å². The number of carbonyl (C=O) groups is 1. The van der Waals surface area contributed by atoms with Crippen molar-refractivity contribution < 1.29 is 9.53 Å². The zero-order valence-corrected chi connectivity index (χ0v) is 17.0. The number of carbonyl (C=O) groups excluding carboxylic acids is 1. The normalized spacial score (nSPS) is 10.5. The van der Waals surface area contributed by atoms with Gasteiger partial charge in [0.15, 0.2) is 5.82 Å². The fourth-order valence-electron chi connectivity index (χ4n) is 2.86. The van der Waals surface area contributed by atoms with Crippen molar-refractivity contribution in [2.24, 2.45) is 0 Å². The van der Waals surface area contributed by atoms with E-state index in [1.807, 2.05) is 45.0 Å². The molecule has 29 heavy (non-hydrogen) atoms. The van der Waals surface area contributed by atoms with Gasteiger partial charge in [-0.15, -0.1) is 0 Å². The molecule has 0 aliphatic heterocycles. The van der Waals surface area contributed by atoms with Gasteiger partial charge in [-0.1, -0.05) is 0 Å². The third kappa shape index (κ3) is 5.22. The topological polar surface area (TPSA) is 106 Å². The maximum atomic E-state index is 12.1. The maximum Gasteiger partial charge on any atom is 0.319 e. The van der Waals surface area contributed by atoms with Crippen LogP contribution in [0.25, 0.3) is 5.82 Å². The number of nitrogens with one attached hydrogen (secondary N) is 3. The molecule has 3 rings (SSSR count). The molecular formula is C20H25N7O2. The first-order valence-electron chi connectivity index (χ1n) is 9.25. The van der Waals surface area contributed by atoms with E-state index in [1.165, 1.54) is 6.33 Å². The number of urea groups is 1. The Bertz CT molecular complexity index is 1000. The minimum atomic E-state index is -0.272. The molecule has 0 saturated heterocycles. The van der Waals surface area contributed by atoms with Gasteiger partial charge in [-0.2, -0.15) is 5.10 Å². The van der Waals surface area contributed by atoms with Crippen molar-refractivity contribution in [2.75, 3.05) is 30.8 Å². The Morgan fingerprint density at radius 1 is 1.10 bits per heavy atom. The Kier molecular flexibility index (Phi) is 6.28. The summed E-state index contributed by atoms with van der Waals surface area (Å²) < 4.78 is 6.94. The molecule has 0 atom stereocenters. The van der Waals surface area contributed by atoms with Gasteiger partial charge in [0.1, 0.15) is 17.9 Å².